The van der Waals surface area contributed by atoms with Crippen LogP contribution in [0.3, 0.4) is 0 Å². The second-order valence-electron chi connectivity index (χ2n) is 6.76. The number of fused-ring (bicyclic) bond motifs is 1. The van der Waals surface area contributed by atoms with Crippen LogP contribution in [0.4, 0.5) is 4.39 Å². The molecule has 2 aliphatic heterocycles. The Morgan fingerprint density at radius 1 is 1.31 bits per heavy atom. The molecule has 2 aromatic carbocycles. The average Bonchev–Trinajstić information content (AvgIpc) is 3.30. The van der Waals surface area contributed by atoms with Crippen LogP contribution in [0.2, 0.25) is 0 Å². The number of esters is 1. The van der Waals surface area contributed by atoms with Crippen LogP contribution in [0.1, 0.15) is 29.5 Å². The first-order valence-electron chi connectivity index (χ1n) is 8.97. The van der Waals surface area contributed by atoms with Crippen LogP contribution in [-0.4, -0.2) is 37.7 Å². The quantitative estimate of drug-likeness (QED) is 0.716. The molecule has 29 heavy (non-hydrogen) atoms. The fraction of sp³-hybridized carbons (Fsp3) is 0.250. The topological polar surface area (TPSA) is 99.8 Å². The van der Waals surface area contributed by atoms with E-state index in [4.69, 9.17) is 10.00 Å². The first-order chi connectivity index (χ1) is 13.9. The molecule has 0 N–H and O–H groups in total. The molecule has 148 valence electrons. The highest BCUT2D eigenvalue weighted by Crippen LogP contribution is 2.31. The van der Waals surface area contributed by atoms with Crippen molar-refractivity contribution >= 4 is 21.8 Å². The number of nitrogens with zero attached hydrogens (tertiary/aromatic N) is 3. The van der Waals surface area contributed by atoms with Gasteiger partial charge < -0.3 is 9.64 Å². The van der Waals surface area contributed by atoms with Crippen LogP contribution < -0.4 is 0 Å². The van der Waals surface area contributed by atoms with Crippen molar-refractivity contribution in [2.45, 2.75) is 30.4 Å². The Morgan fingerprint density at radius 2 is 2.10 bits per heavy atom. The van der Waals surface area contributed by atoms with Crippen molar-refractivity contribution in [2.75, 3.05) is 6.54 Å². The summed E-state index contributed by atoms with van der Waals surface area (Å²) in [6, 6.07) is 11.6. The number of amidine groups is 1. The molecule has 0 bridgehead atoms. The highest BCUT2D eigenvalue weighted by Gasteiger charge is 2.39. The van der Waals surface area contributed by atoms with E-state index in [0.717, 1.165) is 6.07 Å². The summed E-state index contributed by atoms with van der Waals surface area (Å²) in [5, 5.41) is 8.79. The second kappa shape index (κ2) is 7.29. The number of benzene rings is 2. The van der Waals surface area contributed by atoms with E-state index in [-0.39, 0.29) is 28.5 Å². The molecule has 0 aromatic heterocycles. The fourth-order valence-electron chi connectivity index (χ4n) is 3.54. The van der Waals surface area contributed by atoms with Gasteiger partial charge in [-0.1, -0.05) is 18.2 Å². The van der Waals surface area contributed by atoms with Crippen molar-refractivity contribution in [2.24, 2.45) is 4.40 Å². The Bertz CT molecular complexity index is 1170. The van der Waals surface area contributed by atoms with E-state index in [0.29, 0.717) is 24.9 Å². The maximum absolute atomic E-state index is 14.0. The van der Waals surface area contributed by atoms with Gasteiger partial charge in [0.15, 0.2) is 5.84 Å². The number of sulfonamides is 1. The number of ether oxygens (including phenoxy) is 1. The molecule has 4 rings (SSSR count). The molecule has 1 fully saturated rings. The van der Waals surface area contributed by atoms with Crippen LogP contribution in [0.5, 0.6) is 0 Å². The smallest absolute Gasteiger partial charge is 0.329 e. The highest BCUT2D eigenvalue weighted by atomic mass is 32.2. The predicted molar refractivity (Wildman–Crippen MR) is 101 cm³/mol. The number of nitriles is 1. The maximum atomic E-state index is 14.0. The number of carbonyl (C=O) groups is 1. The summed E-state index contributed by atoms with van der Waals surface area (Å²) in [5.41, 5.74) is 0.803. The first-order valence-corrected chi connectivity index (χ1v) is 10.4. The van der Waals surface area contributed by atoms with Gasteiger partial charge in [-0.05, 0) is 37.1 Å². The minimum Gasteiger partial charge on any atom is -0.459 e. The van der Waals surface area contributed by atoms with Gasteiger partial charge in [-0.2, -0.15) is 13.7 Å². The molecule has 0 aliphatic carbocycles. The zero-order valence-corrected chi connectivity index (χ0v) is 16.0. The Labute approximate surface area is 167 Å². The van der Waals surface area contributed by atoms with Gasteiger partial charge in [0.25, 0.3) is 10.0 Å². The van der Waals surface area contributed by atoms with E-state index in [9.17, 15) is 17.6 Å². The third kappa shape index (κ3) is 3.47. The molecule has 2 aromatic rings. The normalized spacial score (nSPS) is 19.4. The zero-order chi connectivity index (χ0) is 20.6. The van der Waals surface area contributed by atoms with Crippen molar-refractivity contribution in [1.82, 2.24) is 4.90 Å². The lowest BCUT2D eigenvalue weighted by molar-refractivity contribution is -0.149. The molecule has 1 saturated heterocycles. The summed E-state index contributed by atoms with van der Waals surface area (Å²) in [5.74, 6) is -0.958. The maximum Gasteiger partial charge on any atom is 0.329 e. The van der Waals surface area contributed by atoms with Gasteiger partial charge in [0.2, 0.25) is 0 Å². The molecule has 7 nitrogen and oxygen atoms in total. The van der Waals surface area contributed by atoms with Crippen LogP contribution in [-0.2, 0) is 26.2 Å². The summed E-state index contributed by atoms with van der Waals surface area (Å²) in [7, 11) is -3.79. The lowest BCUT2D eigenvalue weighted by atomic mass is 10.1. The predicted octanol–water partition coefficient (Wildman–Crippen LogP) is 2.35. The molecule has 0 saturated carbocycles. The molecule has 0 spiro atoms. The van der Waals surface area contributed by atoms with E-state index in [1.54, 1.807) is 23.1 Å². The van der Waals surface area contributed by atoms with Crippen molar-refractivity contribution in [3.63, 3.8) is 0 Å². The first kappa shape index (κ1) is 19.1. The molecular formula is C20H16FN3O4S. The van der Waals surface area contributed by atoms with E-state index >= 15 is 0 Å². The molecule has 2 heterocycles. The van der Waals surface area contributed by atoms with Crippen LogP contribution in [0, 0.1) is 17.1 Å². The number of halogens is 1. The molecule has 2 aliphatic rings. The monoisotopic (exact) mass is 413 g/mol. The minimum atomic E-state index is -3.79. The average molecular weight is 413 g/mol. The summed E-state index contributed by atoms with van der Waals surface area (Å²) < 4.78 is 47.8. The molecule has 0 amide bonds. The largest absolute Gasteiger partial charge is 0.459 e. The molecule has 0 unspecified atom stereocenters. The van der Waals surface area contributed by atoms with Crippen LogP contribution in [0.15, 0.2) is 51.8 Å². The zero-order valence-electron chi connectivity index (χ0n) is 15.2. The summed E-state index contributed by atoms with van der Waals surface area (Å²) in [6.07, 6.45) is 1.15. The van der Waals surface area contributed by atoms with Gasteiger partial charge in [-0.25, -0.2) is 9.18 Å². The Balaban J connectivity index is 1.52. The SMILES string of the molecule is N#Cc1ccc(COC(=O)[C@H]2CCCN2C2=NS(=O)(=O)c3ccccc32)c(F)c1. The second-order valence-corrected chi connectivity index (χ2v) is 8.34. The van der Waals surface area contributed by atoms with Crippen molar-refractivity contribution in [3.05, 3.63) is 65.0 Å². The van der Waals surface area contributed by atoms with Crippen molar-refractivity contribution in [3.8, 4) is 6.07 Å². The standard InChI is InChI=1S/C20H16FN3O4S/c21-16-10-13(11-22)7-8-14(16)12-28-20(25)17-5-3-9-24(17)19-15-4-1-2-6-18(15)29(26,27)23-19/h1-2,4,6-8,10,17H,3,5,9,12H2/t17-/m1/s1. The number of hydrogen-bond acceptors (Lipinski definition) is 6. The summed E-state index contributed by atoms with van der Waals surface area (Å²) in [4.78, 5) is 14.4. The van der Waals surface area contributed by atoms with Gasteiger partial charge >= 0.3 is 5.97 Å². The van der Waals surface area contributed by atoms with Gasteiger partial charge in [-0.15, -0.1) is 4.40 Å². The van der Waals surface area contributed by atoms with Gasteiger partial charge in [0.1, 0.15) is 23.4 Å². The summed E-state index contributed by atoms with van der Waals surface area (Å²) in [6.45, 7) is 0.190. The fourth-order valence-corrected chi connectivity index (χ4v) is 4.76. The van der Waals surface area contributed by atoms with Crippen LogP contribution >= 0.6 is 0 Å². The Morgan fingerprint density at radius 3 is 2.86 bits per heavy atom. The van der Waals surface area contributed by atoms with Gasteiger partial charge in [0, 0.05) is 17.7 Å². The summed E-state index contributed by atoms with van der Waals surface area (Å²) >= 11 is 0. The van der Waals surface area contributed by atoms with E-state index in [2.05, 4.69) is 4.40 Å². The Kier molecular flexibility index (Phi) is 4.80. The molecule has 9 heteroatoms. The number of rotatable bonds is 3. The number of hydrogen-bond donors (Lipinski definition) is 0. The van der Waals surface area contributed by atoms with E-state index in [1.807, 2.05) is 6.07 Å². The van der Waals surface area contributed by atoms with E-state index in [1.165, 1.54) is 18.2 Å². The van der Waals surface area contributed by atoms with Crippen molar-refractivity contribution in [1.29, 1.82) is 5.26 Å². The third-order valence-electron chi connectivity index (χ3n) is 4.96. The molecular weight excluding hydrogens is 397 g/mol. The lowest BCUT2D eigenvalue weighted by Crippen LogP contribution is -2.41. The molecule has 0 radical (unpaired) electrons. The highest BCUT2D eigenvalue weighted by molar-refractivity contribution is 7.90. The van der Waals surface area contributed by atoms with E-state index < -0.39 is 27.9 Å². The van der Waals surface area contributed by atoms with Gasteiger partial charge in [-0.3, -0.25) is 0 Å². The van der Waals surface area contributed by atoms with Crippen molar-refractivity contribution < 1.29 is 22.3 Å². The number of likely N-dealkylation sites (tertiary alicyclic amines) is 1. The Hall–Kier alpha value is -3.25. The third-order valence-corrected chi connectivity index (χ3v) is 6.29. The van der Waals surface area contributed by atoms with Crippen LogP contribution in [0.25, 0.3) is 0 Å². The lowest BCUT2D eigenvalue weighted by Gasteiger charge is -2.25. The van der Waals surface area contributed by atoms with Gasteiger partial charge in [0.05, 0.1) is 11.6 Å². The number of carbonyl (C=O) groups excluding carboxylic acids is 1. The minimum absolute atomic E-state index is 0.119. The molecule has 1 atom stereocenters.